The number of rotatable bonds is 5. The number of hydrogen-bond donors (Lipinski definition) is 0. The summed E-state index contributed by atoms with van der Waals surface area (Å²) in [6, 6.07) is 15.1. The third-order valence-electron chi connectivity index (χ3n) is 4.01. The van der Waals surface area contributed by atoms with E-state index >= 15 is 0 Å². The Morgan fingerprint density at radius 3 is 2.35 bits per heavy atom. The predicted octanol–water partition coefficient (Wildman–Crippen LogP) is 5.97. The SMILES string of the molecule is CCCCc1ccc(C(Cl)c2cccc(C)c2C)cc1. The Morgan fingerprint density at radius 2 is 1.70 bits per heavy atom. The third kappa shape index (κ3) is 3.43. The van der Waals surface area contributed by atoms with Gasteiger partial charge in [-0.1, -0.05) is 55.8 Å². The highest BCUT2D eigenvalue weighted by atomic mass is 35.5. The van der Waals surface area contributed by atoms with Crippen LogP contribution < -0.4 is 0 Å². The van der Waals surface area contributed by atoms with Crippen molar-refractivity contribution in [2.75, 3.05) is 0 Å². The molecule has 0 aliphatic carbocycles. The van der Waals surface area contributed by atoms with E-state index in [1.165, 1.54) is 40.7 Å². The molecule has 0 radical (unpaired) electrons. The Morgan fingerprint density at radius 1 is 1.00 bits per heavy atom. The van der Waals surface area contributed by atoms with Crippen LogP contribution in [0.15, 0.2) is 42.5 Å². The molecule has 0 fully saturated rings. The summed E-state index contributed by atoms with van der Waals surface area (Å²) in [5, 5.41) is -0.0601. The van der Waals surface area contributed by atoms with Gasteiger partial charge in [0.15, 0.2) is 0 Å². The van der Waals surface area contributed by atoms with Gasteiger partial charge in [-0.15, -0.1) is 11.6 Å². The number of benzene rings is 2. The molecule has 1 unspecified atom stereocenters. The number of aryl methyl sites for hydroxylation is 2. The summed E-state index contributed by atoms with van der Waals surface area (Å²) in [7, 11) is 0. The first kappa shape index (κ1) is 15.1. The Bertz CT molecular complexity index is 554. The fourth-order valence-electron chi connectivity index (χ4n) is 2.46. The molecule has 2 rings (SSSR count). The van der Waals surface area contributed by atoms with Gasteiger partial charge in [-0.05, 0) is 54.5 Å². The van der Waals surface area contributed by atoms with Crippen molar-refractivity contribution in [1.82, 2.24) is 0 Å². The van der Waals surface area contributed by atoms with Crippen molar-refractivity contribution in [2.24, 2.45) is 0 Å². The van der Waals surface area contributed by atoms with Crippen LogP contribution >= 0.6 is 11.6 Å². The molecule has 2 aromatic carbocycles. The van der Waals surface area contributed by atoms with E-state index in [0.717, 1.165) is 6.42 Å². The van der Waals surface area contributed by atoms with Crippen LogP contribution in [0.1, 0.15) is 53.0 Å². The standard InChI is InChI=1S/C19H23Cl/c1-4-5-8-16-10-12-17(13-11-16)19(20)18-9-6-7-14(2)15(18)3/h6-7,9-13,19H,4-5,8H2,1-3H3. The fourth-order valence-corrected chi connectivity index (χ4v) is 2.84. The Labute approximate surface area is 127 Å². The van der Waals surface area contributed by atoms with Gasteiger partial charge >= 0.3 is 0 Å². The molecule has 0 N–H and O–H groups in total. The van der Waals surface area contributed by atoms with Gasteiger partial charge in [-0.3, -0.25) is 0 Å². The van der Waals surface area contributed by atoms with Crippen LogP contribution in [0.5, 0.6) is 0 Å². The van der Waals surface area contributed by atoms with E-state index in [2.05, 4.69) is 63.2 Å². The molecule has 0 heterocycles. The van der Waals surface area contributed by atoms with E-state index in [1.54, 1.807) is 0 Å². The predicted molar refractivity (Wildman–Crippen MR) is 88.7 cm³/mol. The highest BCUT2D eigenvalue weighted by molar-refractivity contribution is 6.22. The molecule has 0 saturated heterocycles. The fraction of sp³-hybridized carbons (Fsp3) is 0.368. The highest BCUT2D eigenvalue weighted by Gasteiger charge is 2.13. The van der Waals surface area contributed by atoms with E-state index in [0.29, 0.717) is 0 Å². The maximum Gasteiger partial charge on any atom is 0.0838 e. The van der Waals surface area contributed by atoms with Crippen LogP contribution in [0.25, 0.3) is 0 Å². The summed E-state index contributed by atoms with van der Waals surface area (Å²) in [6.45, 7) is 6.51. The lowest BCUT2D eigenvalue weighted by Crippen LogP contribution is -1.98. The summed E-state index contributed by atoms with van der Waals surface area (Å²) in [5.74, 6) is 0. The maximum absolute atomic E-state index is 6.67. The third-order valence-corrected chi connectivity index (χ3v) is 4.50. The smallest absolute Gasteiger partial charge is 0.0838 e. The molecule has 0 aliphatic rings. The zero-order chi connectivity index (χ0) is 14.5. The number of hydrogen-bond acceptors (Lipinski definition) is 0. The average Bonchev–Trinajstić information content (AvgIpc) is 2.48. The first-order valence-corrected chi connectivity index (χ1v) is 7.86. The van der Waals surface area contributed by atoms with Crippen LogP contribution in [0.3, 0.4) is 0 Å². The normalized spacial score (nSPS) is 12.4. The van der Waals surface area contributed by atoms with Crippen LogP contribution in [0.4, 0.5) is 0 Å². The molecular weight excluding hydrogens is 264 g/mol. The van der Waals surface area contributed by atoms with Crippen LogP contribution in [0, 0.1) is 13.8 Å². The van der Waals surface area contributed by atoms with Crippen molar-refractivity contribution in [3.8, 4) is 0 Å². The van der Waals surface area contributed by atoms with Crippen molar-refractivity contribution >= 4 is 11.6 Å². The lowest BCUT2D eigenvalue weighted by molar-refractivity contribution is 0.794. The van der Waals surface area contributed by atoms with Gasteiger partial charge in [0.05, 0.1) is 5.38 Å². The topological polar surface area (TPSA) is 0 Å². The molecule has 0 spiro atoms. The quantitative estimate of drug-likeness (QED) is 0.594. The number of unbranched alkanes of at least 4 members (excludes halogenated alkanes) is 1. The van der Waals surface area contributed by atoms with Gasteiger partial charge in [0.2, 0.25) is 0 Å². The van der Waals surface area contributed by atoms with Crippen LogP contribution in [0.2, 0.25) is 0 Å². The number of halogens is 1. The van der Waals surface area contributed by atoms with Crippen molar-refractivity contribution in [3.63, 3.8) is 0 Å². The first-order valence-electron chi connectivity index (χ1n) is 7.42. The minimum Gasteiger partial charge on any atom is -0.113 e. The summed E-state index contributed by atoms with van der Waals surface area (Å²) in [5.41, 5.74) is 6.39. The van der Waals surface area contributed by atoms with Crippen LogP contribution in [-0.4, -0.2) is 0 Å². The minimum absolute atomic E-state index is 0.0601. The summed E-state index contributed by atoms with van der Waals surface area (Å²) in [6.07, 6.45) is 3.65. The zero-order valence-corrected chi connectivity index (χ0v) is 13.4. The minimum atomic E-state index is -0.0601. The molecule has 2 aromatic rings. The van der Waals surface area contributed by atoms with Gasteiger partial charge in [-0.2, -0.15) is 0 Å². The van der Waals surface area contributed by atoms with Crippen molar-refractivity contribution in [2.45, 2.75) is 45.4 Å². The van der Waals surface area contributed by atoms with Crippen LogP contribution in [-0.2, 0) is 6.42 Å². The van der Waals surface area contributed by atoms with Crippen molar-refractivity contribution < 1.29 is 0 Å². The number of alkyl halides is 1. The van der Waals surface area contributed by atoms with Gasteiger partial charge in [0.25, 0.3) is 0 Å². The Balaban J connectivity index is 2.20. The molecule has 0 nitrogen and oxygen atoms in total. The lowest BCUT2D eigenvalue weighted by Gasteiger charge is -2.15. The molecule has 0 aromatic heterocycles. The van der Waals surface area contributed by atoms with E-state index in [4.69, 9.17) is 11.6 Å². The van der Waals surface area contributed by atoms with Crippen molar-refractivity contribution in [1.29, 1.82) is 0 Å². The molecule has 0 saturated carbocycles. The summed E-state index contributed by atoms with van der Waals surface area (Å²) in [4.78, 5) is 0. The Kier molecular flexibility index (Phi) is 5.25. The second-order valence-electron chi connectivity index (χ2n) is 5.50. The second-order valence-corrected chi connectivity index (χ2v) is 5.93. The van der Waals surface area contributed by atoms with Gasteiger partial charge in [0, 0.05) is 0 Å². The molecule has 0 bridgehead atoms. The van der Waals surface area contributed by atoms with E-state index < -0.39 is 0 Å². The van der Waals surface area contributed by atoms with Gasteiger partial charge < -0.3 is 0 Å². The second kappa shape index (κ2) is 6.95. The molecule has 20 heavy (non-hydrogen) atoms. The lowest BCUT2D eigenvalue weighted by atomic mass is 9.96. The zero-order valence-electron chi connectivity index (χ0n) is 12.6. The summed E-state index contributed by atoms with van der Waals surface area (Å²) >= 11 is 6.67. The molecule has 1 heteroatoms. The molecule has 106 valence electrons. The molecule has 1 atom stereocenters. The van der Waals surface area contributed by atoms with E-state index in [-0.39, 0.29) is 5.38 Å². The molecule has 0 aliphatic heterocycles. The van der Waals surface area contributed by atoms with Gasteiger partial charge in [-0.25, -0.2) is 0 Å². The van der Waals surface area contributed by atoms with Gasteiger partial charge in [0.1, 0.15) is 0 Å². The monoisotopic (exact) mass is 286 g/mol. The average molecular weight is 287 g/mol. The Hall–Kier alpha value is -1.27. The van der Waals surface area contributed by atoms with E-state index in [9.17, 15) is 0 Å². The van der Waals surface area contributed by atoms with Crippen molar-refractivity contribution in [3.05, 3.63) is 70.3 Å². The summed E-state index contributed by atoms with van der Waals surface area (Å²) < 4.78 is 0. The molecule has 0 amide bonds. The van der Waals surface area contributed by atoms with E-state index in [1.807, 2.05) is 0 Å². The molecular formula is C19H23Cl. The maximum atomic E-state index is 6.67. The largest absolute Gasteiger partial charge is 0.113 e. The first-order chi connectivity index (χ1) is 9.63. The highest BCUT2D eigenvalue weighted by Crippen LogP contribution is 2.32.